The van der Waals surface area contributed by atoms with Crippen LogP contribution in [0.15, 0.2) is 164 Å². The molecule has 1 aromatic heterocycles. The van der Waals surface area contributed by atoms with Gasteiger partial charge < -0.3 is 4.90 Å². The normalized spacial score (nSPS) is 14.8. The monoisotopic (exact) mass is 656 g/mol. The summed E-state index contributed by atoms with van der Waals surface area (Å²) >= 11 is 0. The van der Waals surface area contributed by atoms with Crippen LogP contribution in [-0.2, 0) is 0 Å². The molecule has 0 saturated heterocycles. The quantitative estimate of drug-likeness (QED) is 0.179. The fraction of sp³-hybridized carbons (Fsp3) is 0.0851. The zero-order chi connectivity index (χ0) is 34.3. The van der Waals surface area contributed by atoms with Crippen LogP contribution in [0.2, 0.25) is 0 Å². The van der Waals surface area contributed by atoms with Gasteiger partial charge in [0.2, 0.25) is 0 Å². The van der Waals surface area contributed by atoms with Gasteiger partial charge in [0.05, 0.1) is 6.04 Å². The molecule has 6 aromatic carbocycles. The van der Waals surface area contributed by atoms with E-state index in [1.807, 2.05) is 36.4 Å². The third kappa shape index (κ3) is 5.65. The van der Waals surface area contributed by atoms with Crippen molar-refractivity contribution in [1.82, 2.24) is 15.0 Å². The Morgan fingerprint density at radius 3 is 1.71 bits per heavy atom. The number of nitrogens with zero attached hydrogens (tertiary/aromatic N) is 4. The molecular weight excluding hydrogens is 621 g/mol. The molecule has 2 heterocycles. The number of benzene rings is 6. The molecule has 0 bridgehead atoms. The summed E-state index contributed by atoms with van der Waals surface area (Å²) in [6.07, 6.45) is 5.71. The number of allylic oxidation sites excluding steroid dienone is 2. The maximum absolute atomic E-state index is 5.05. The SMILES string of the molecule is Cc1ccccc1-c1ccc(C2=CCC3C(=C2)c2cc(-c4nc(-c5ccccc5)nc(-c5ccccc5)n4)ccc2N3c2ccccc2)cc1C. The average molecular weight is 657 g/mol. The Balaban J connectivity index is 1.16. The van der Waals surface area contributed by atoms with Crippen LogP contribution in [-0.4, -0.2) is 21.0 Å². The second kappa shape index (κ2) is 12.8. The Kier molecular flexibility index (Phi) is 7.70. The first-order chi connectivity index (χ1) is 25.1. The summed E-state index contributed by atoms with van der Waals surface area (Å²) in [6, 6.07) is 53.4. The van der Waals surface area contributed by atoms with Crippen molar-refractivity contribution in [3.05, 3.63) is 186 Å². The predicted molar refractivity (Wildman–Crippen MR) is 210 cm³/mol. The van der Waals surface area contributed by atoms with Gasteiger partial charge in [0, 0.05) is 33.6 Å². The highest BCUT2D eigenvalue weighted by atomic mass is 15.2. The van der Waals surface area contributed by atoms with Crippen LogP contribution < -0.4 is 4.90 Å². The lowest BCUT2D eigenvalue weighted by Gasteiger charge is -2.29. The average Bonchev–Trinajstić information content (AvgIpc) is 3.52. The van der Waals surface area contributed by atoms with Crippen LogP contribution in [0.5, 0.6) is 0 Å². The fourth-order valence-electron chi connectivity index (χ4n) is 7.54. The fourth-order valence-corrected chi connectivity index (χ4v) is 7.54. The summed E-state index contributed by atoms with van der Waals surface area (Å²) in [7, 11) is 0. The van der Waals surface area contributed by atoms with Gasteiger partial charge in [-0.1, -0.05) is 127 Å². The van der Waals surface area contributed by atoms with Crippen LogP contribution in [0.25, 0.3) is 56.4 Å². The van der Waals surface area contributed by atoms with E-state index in [0.717, 1.165) is 23.1 Å². The molecule has 1 aliphatic carbocycles. The first-order valence-electron chi connectivity index (χ1n) is 17.6. The molecular formula is C47H36N4. The second-order valence-electron chi connectivity index (χ2n) is 13.3. The maximum atomic E-state index is 5.05. The summed E-state index contributed by atoms with van der Waals surface area (Å²) in [5.41, 5.74) is 15.4. The largest absolute Gasteiger partial charge is 0.333 e. The van der Waals surface area contributed by atoms with E-state index in [4.69, 9.17) is 15.0 Å². The molecule has 0 fully saturated rings. The Hall–Kier alpha value is -6.39. The molecule has 9 rings (SSSR count). The number of hydrogen-bond donors (Lipinski definition) is 0. The standard InChI is InChI=1S/C47H36N4/c1-31-14-12-13-21-39(31)40-25-22-35(28-32(40)2)36-23-26-43-41(29-36)42-30-37(24-27-44(42)51(43)38-19-10-5-11-20-38)47-49-45(33-15-6-3-7-16-33)48-46(50-47)34-17-8-4-9-18-34/h3-25,27-30,43H,26H2,1-2H3. The topological polar surface area (TPSA) is 41.9 Å². The number of hydrogen-bond acceptors (Lipinski definition) is 4. The molecule has 1 atom stereocenters. The minimum atomic E-state index is 0.187. The van der Waals surface area contributed by atoms with Crippen molar-refractivity contribution >= 4 is 22.5 Å². The van der Waals surface area contributed by atoms with E-state index in [1.165, 1.54) is 55.9 Å². The molecule has 51 heavy (non-hydrogen) atoms. The number of rotatable bonds is 6. The minimum absolute atomic E-state index is 0.187. The Bertz CT molecular complexity index is 2410. The molecule has 0 radical (unpaired) electrons. The third-order valence-corrected chi connectivity index (χ3v) is 10.1. The van der Waals surface area contributed by atoms with Crippen LogP contribution in [0.1, 0.15) is 28.7 Å². The summed E-state index contributed by atoms with van der Waals surface area (Å²) < 4.78 is 0. The van der Waals surface area contributed by atoms with Crippen molar-refractivity contribution in [3.63, 3.8) is 0 Å². The molecule has 0 amide bonds. The van der Waals surface area contributed by atoms with Crippen molar-refractivity contribution in [2.75, 3.05) is 4.90 Å². The van der Waals surface area contributed by atoms with Gasteiger partial charge in [-0.05, 0) is 95.6 Å². The van der Waals surface area contributed by atoms with E-state index in [1.54, 1.807) is 0 Å². The summed E-state index contributed by atoms with van der Waals surface area (Å²) in [5, 5.41) is 0. The van der Waals surface area contributed by atoms with Crippen molar-refractivity contribution in [1.29, 1.82) is 0 Å². The summed E-state index contributed by atoms with van der Waals surface area (Å²) in [6.45, 7) is 4.41. The first kappa shape index (κ1) is 30.7. The van der Waals surface area contributed by atoms with Crippen LogP contribution in [0.4, 0.5) is 11.4 Å². The van der Waals surface area contributed by atoms with E-state index in [-0.39, 0.29) is 6.04 Å². The van der Waals surface area contributed by atoms with Crippen LogP contribution in [0.3, 0.4) is 0 Å². The lowest BCUT2D eigenvalue weighted by Crippen LogP contribution is -2.27. The molecule has 7 aromatic rings. The van der Waals surface area contributed by atoms with Crippen LogP contribution >= 0.6 is 0 Å². The molecule has 4 heteroatoms. The smallest absolute Gasteiger partial charge is 0.164 e. The predicted octanol–water partition coefficient (Wildman–Crippen LogP) is 11.5. The number of aromatic nitrogens is 3. The van der Waals surface area contributed by atoms with E-state index in [9.17, 15) is 0 Å². The highest BCUT2D eigenvalue weighted by Crippen LogP contribution is 2.50. The van der Waals surface area contributed by atoms with Gasteiger partial charge in [0.15, 0.2) is 17.5 Å². The maximum Gasteiger partial charge on any atom is 0.164 e. The van der Waals surface area contributed by atoms with E-state index < -0.39 is 0 Å². The Labute approximate surface area is 299 Å². The Morgan fingerprint density at radius 1 is 0.490 bits per heavy atom. The first-order valence-corrected chi connectivity index (χ1v) is 17.6. The minimum Gasteiger partial charge on any atom is -0.333 e. The van der Waals surface area contributed by atoms with Crippen molar-refractivity contribution in [3.8, 4) is 45.3 Å². The molecule has 4 nitrogen and oxygen atoms in total. The molecule has 2 aliphatic rings. The highest BCUT2D eigenvalue weighted by molar-refractivity contribution is 5.99. The van der Waals surface area contributed by atoms with Gasteiger partial charge in [0.25, 0.3) is 0 Å². The van der Waals surface area contributed by atoms with E-state index in [0.29, 0.717) is 17.5 Å². The number of aryl methyl sites for hydroxylation is 2. The van der Waals surface area contributed by atoms with Gasteiger partial charge in [-0.15, -0.1) is 0 Å². The van der Waals surface area contributed by atoms with E-state index in [2.05, 4.69) is 146 Å². The zero-order valence-corrected chi connectivity index (χ0v) is 28.7. The molecule has 0 spiro atoms. The van der Waals surface area contributed by atoms with Crippen molar-refractivity contribution in [2.24, 2.45) is 0 Å². The van der Waals surface area contributed by atoms with Gasteiger partial charge in [-0.3, -0.25) is 0 Å². The lowest BCUT2D eigenvalue weighted by molar-refractivity contribution is 0.831. The van der Waals surface area contributed by atoms with Crippen LogP contribution in [0, 0.1) is 13.8 Å². The van der Waals surface area contributed by atoms with Crippen molar-refractivity contribution in [2.45, 2.75) is 26.3 Å². The summed E-state index contributed by atoms with van der Waals surface area (Å²) in [4.78, 5) is 17.5. The van der Waals surface area contributed by atoms with Crippen molar-refractivity contribution < 1.29 is 0 Å². The van der Waals surface area contributed by atoms with Gasteiger partial charge in [0.1, 0.15) is 0 Å². The number of para-hydroxylation sites is 1. The molecule has 1 unspecified atom stereocenters. The van der Waals surface area contributed by atoms with Gasteiger partial charge in [-0.25, -0.2) is 15.0 Å². The molecule has 1 aliphatic heterocycles. The molecule has 0 saturated carbocycles. The highest BCUT2D eigenvalue weighted by Gasteiger charge is 2.36. The second-order valence-corrected chi connectivity index (χ2v) is 13.3. The zero-order valence-electron chi connectivity index (χ0n) is 28.7. The molecule has 0 N–H and O–H groups in total. The summed E-state index contributed by atoms with van der Waals surface area (Å²) in [5.74, 6) is 1.99. The van der Waals surface area contributed by atoms with Gasteiger partial charge >= 0.3 is 0 Å². The number of anilines is 2. The Morgan fingerprint density at radius 2 is 1.06 bits per heavy atom. The van der Waals surface area contributed by atoms with E-state index >= 15 is 0 Å². The van der Waals surface area contributed by atoms with Gasteiger partial charge in [-0.2, -0.15) is 0 Å². The molecule has 244 valence electrons. The number of fused-ring (bicyclic) bond motifs is 3. The third-order valence-electron chi connectivity index (χ3n) is 10.1. The lowest BCUT2D eigenvalue weighted by atomic mass is 9.87.